The Morgan fingerprint density at radius 1 is 1.29 bits per heavy atom. The number of rotatable bonds is 3. The molecule has 1 fully saturated rings. The van der Waals surface area contributed by atoms with Crippen LogP contribution in [0.4, 0.5) is 0 Å². The molecule has 5 heteroatoms. The van der Waals surface area contributed by atoms with Gasteiger partial charge in [0.05, 0.1) is 6.04 Å². The van der Waals surface area contributed by atoms with Crippen molar-refractivity contribution in [3.63, 3.8) is 0 Å². The second-order valence-electron chi connectivity index (χ2n) is 4.12. The van der Waals surface area contributed by atoms with Crippen molar-refractivity contribution >= 4 is 24.8 Å². The van der Waals surface area contributed by atoms with E-state index < -0.39 is 0 Å². The minimum atomic E-state index is 0. The molecule has 2 rings (SSSR count). The summed E-state index contributed by atoms with van der Waals surface area (Å²) in [5, 5.41) is 3.37. The predicted molar refractivity (Wildman–Crippen MR) is 75.4 cm³/mol. The van der Waals surface area contributed by atoms with Crippen LogP contribution in [-0.4, -0.2) is 31.1 Å². The molecule has 0 spiro atoms. The van der Waals surface area contributed by atoms with Crippen molar-refractivity contribution in [3.05, 3.63) is 23.7 Å². The topological polar surface area (TPSA) is 28.4 Å². The van der Waals surface area contributed by atoms with Gasteiger partial charge in [-0.3, -0.25) is 4.90 Å². The van der Waals surface area contributed by atoms with Crippen molar-refractivity contribution in [2.24, 2.45) is 0 Å². The average molecular weight is 281 g/mol. The van der Waals surface area contributed by atoms with Gasteiger partial charge in [0.1, 0.15) is 11.5 Å². The Bertz CT molecular complexity index is 311. The van der Waals surface area contributed by atoms with Crippen molar-refractivity contribution in [1.29, 1.82) is 0 Å². The molecule has 1 aliphatic heterocycles. The van der Waals surface area contributed by atoms with Crippen molar-refractivity contribution in [2.45, 2.75) is 26.3 Å². The Morgan fingerprint density at radius 3 is 2.47 bits per heavy atom. The number of hydrogen-bond donors (Lipinski definition) is 1. The van der Waals surface area contributed by atoms with Crippen LogP contribution < -0.4 is 5.32 Å². The van der Waals surface area contributed by atoms with E-state index in [4.69, 9.17) is 4.42 Å². The zero-order valence-corrected chi connectivity index (χ0v) is 12.1. The van der Waals surface area contributed by atoms with Gasteiger partial charge in [-0.2, -0.15) is 0 Å². The molecular weight excluding hydrogens is 259 g/mol. The Morgan fingerprint density at radius 2 is 1.94 bits per heavy atom. The number of nitrogens with zero attached hydrogens (tertiary/aromatic N) is 1. The minimum Gasteiger partial charge on any atom is -0.464 e. The van der Waals surface area contributed by atoms with Gasteiger partial charge in [0.25, 0.3) is 0 Å². The third-order valence-corrected chi connectivity index (χ3v) is 3.14. The molecule has 1 aromatic heterocycles. The molecule has 0 bridgehead atoms. The highest BCUT2D eigenvalue weighted by Crippen LogP contribution is 2.22. The molecule has 17 heavy (non-hydrogen) atoms. The number of aryl methyl sites for hydroxylation is 1. The first-order valence-corrected chi connectivity index (χ1v) is 5.84. The fraction of sp³-hybridized carbons (Fsp3) is 0.667. The lowest BCUT2D eigenvalue weighted by molar-refractivity contribution is 0.165. The molecule has 1 N–H and O–H groups in total. The number of furan rings is 1. The Kier molecular flexibility index (Phi) is 7.88. The molecular formula is C12H22Cl2N2O. The average Bonchev–Trinajstić information content (AvgIpc) is 2.78. The zero-order chi connectivity index (χ0) is 10.7. The van der Waals surface area contributed by atoms with Crippen molar-refractivity contribution in [1.82, 2.24) is 10.2 Å². The second kappa shape index (κ2) is 7.98. The van der Waals surface area contributed by atoms with Crippen LogP contribution in [0.3, 0.4) is 0 Å². The van der Waals surface area contributed by atoms with E-state index in [-0.39, 0.29) is 24.8 Å². The van der Waals surface area contributed by atoms with Gasteiger partial charge >= 0.3 is 0 Å². The lowest BCUT2D eigenvalue weighted by atomic mass is 10.2. The van der Waals surface area contributed by atoms with E-state index in [1.165, 1.54) is 0 Å². The summed E-state index contributed by atoms with van der Waals surface area (Å²) in [4.78, 5) is 2.47. The highest BCUT2D eigenvalue weighted by Gasteiger charge is 2.20. The van der Waals surface area contributed by atoms with Crippen LogP contribution in [0.15, 0.2) is 16.5 Å². The van der Waals surface area contributed by atoms with Crippen LogP contribution in [-0.2, 0) is 6.42 Å². The third-order valence-electron chi connectivity index (χ3n) is 3.14. The molecule has 0 radical (unpaired) electrons. The van der Waals surface area contributed by atoms with Gasteiger partial charge in [0.15, 0.2) is 0 Å². The molecule has 0 saturated carbocycles. The maximum atomic E-state index is 5.79. The van der Waals surface area contributed by atoms with E-state index in [0.29, 0.717) is 6.04 Å². The van der Waals surface area contributed by atoms with Crippen LogP contribution in [0.25, 0.3) is 0 Å². The summed E-state index contributed by atoms with van der Waals surface area (Å²) in [6, 6.07) is 4.62. The molecule has 3 nitrogen and oxygen atoms in total. The number of hydrogen-bond acceptors (Lipinski definition) is 3. The second-order valence-corrected chi connectivity index (χ2v) is 4.12. The summed E-state index contributed by atoms with van der Waals surface area (Å²) >= 11 is 0. The third kappa shape index (κ3) is 4.18. The predicted octanol–water partition coefficient (Wildman–Crippen LogP) is 2.65. The van der Waals surface area contributed by atoms with Gasteiger partial charge < -0.3 is 9.73 Å². The molecule has 0 aliphatic carbocycles. The minimum absolute atomic E-state index is 0. The Balaban J connectivity index is 0.00000128. The molecule has 1 atom stereocenters. The molecule has 0 unspecified atom stereocenters. The molecule has 1 aliphatic rings. The van der Waals surface area contributed by atoms with Crippen LogP contribution in [0.2, 0.25) is 0 Å². The first-order chi connectivity index (χ1) is 7.31. The van der Waals surface area contributed by atoms with Crippen LogP contribution in [0, 0.1) is 0 Å². The SMILES string of the molecule is CCc1ccc([C@@H](C)N2CCNCC2)o1.Cl.Cl. The Hall–Kier alpha value is -0.220. The van der Waals surface area contributed by atoms with E-state index in [0.717, 1.165) is 44.1 Å². The lowest BCUT2D eigenvalue weighted by Gasteiger charge is -2.31. The van der Waals surface area contributed by atoms with Gasteiger partial charge in [0.2, 0.25) is 0 Å². The molecule has 0 aromatic carbocycles. The normalized spacial score (nSPS) is 18.0. The molecule has 1 saturated heterocycles. The van der Waals surface area contributed by atoms with Gasteiger partial charge in [-0.1, -0.05) is 6.92 Å². The molecule has 1 aromatic rings. The summed E-state index contributed by atoms with van der Waals surface area (Å²) in [7, 11) is 0. The number of nitrogens with one attached hydrogen (secondary N) is 1. The van der Waals surface area contributed by atoms with E-state index >= 15 is 0 Å². The van der Waals surface area contributed by atoms with E-state index in [2.05, 4.69) is 36.2 Å². The fourth-order valence-corrected chi connectivity index (χ4v) is 2.06. The quantitative estimate of drug-likeness (QED) is 0.923. The largest absolute Gasteiger partial charge is 0.464 e. The Labute approximate surface area is 116 Å². The molecule has 100 valence electrons. The van der Waals surface area contributed by atoms with Crippen LogP contribution in [0.1, 0.15) is 31.4 Å². The maximum Gasteiger partial charge on any atom is 0.121 e. The monoisotopic (exact) mass is 280 g/mol. The number of halogens is 2. The van der Waals surface area contributed by atoms with Gasteiger partial charge in [0, 0.05) is 32.6 Å². The van der Waals surface area contributed by atoms with Crippen molar-refractivity contribution in [2.75, 3.05) is 26.2 Å². The fourth-order valence-electron chi connectivity index (χ4n) is 2.06. The zero-order valence-electron chi connectivity index (χ0n) is 10.4. The summed E-state index contributed by atoms with van der Waals surface area (Å²) < 4.78 is 5.79. The van der Waals surface area contributed by atoms with Gasteiger partial charge in [-0.05, 0) is 19.1 Å². The highest BCUT2D eigenvalue weighted by atomic mass is 35.5. The summed E-state index contributed by atoms with van der Waals surface area (Å²) in [6.07, 6.45) is 0.980. The standard InChI is InChI=1S/C12H20N2O.2ClH/c1-3-11-4-5-12(15-11)10(2)14-8-6-13-7-9-14;;/h4-5,10,13H,3,6-9H2,1-2H3;2*1H/t10-;;/m1../s1. The highest BCUT2D eigenvalue weighted by molar-refractivity contribution is 5.85. The number of piperazine rings is 1. The first kappa shape index (κ1) is 16.8. The van der Waals surface area contributed by atoms with Gasteiger partial charge in [-0.15, -0.1) is 24.8 Å². The smallest absolute Gasteiger partial charge is 0.121 e. The molecule has 0 amide bonds. The van der Waals surface area contributed by atoms with Gasteiger partial charge in [-0.25, -0.2) is 0 Å². The summed E-state index contributed by atoms with van der Waals surface area (Å²) in [5.41, 5.74) is 0. The van der Waals surface area contributed by atoms with E-state index in [1.54, 1.807) is 0 Å². The lowest BCUT2D eigenvalue weighted by Crippen LogP contribution is -2.44. The van der Waals surface area contributed by atoms with E-state index in [1.807, 2.05) is 0 Å². The van der Waals surface area contributed by atoms with Crippen molar-refractivity contribution in [3.8, 4) is 0 Å². The van der Waals surface area contributed by atoms with Crippen molar-refractivity contribution < 1.29 is 4.42 Å². The maximum absolute atomic E-state index is 5.79. The summed E-state index contributed by atoms with van der Waals surface area (Å²) in [5.74, 6) is 2.20. The summed E-state index contributed by atoms with van der Waals surface area (Å²) in [6.45, 7) is 8.76. The molecule has 2 heterocycles. The van der Waals surface area contributed by atoms with Crippen LogP contribution in [0.5, 0.6) is 0 Å². The van der Waals surface area contributed by atoms with E-state index in [9.17, 15) is 0 Å². The first-order valence-electron chi connectivity index (χ1n) is 5.84. The van der Waals surface area contributed by atoms with Crippen LogP contribution >= 0.6 is 24.8 Å².